The van der Waals surface area contributed by atoms with Gasteiger partial charge in [-0.05, 0) is 24.6 Å². The molecule has 2 rings (SSSR count). The number of thioether (sulfide) groups is 1. The van der Waals surface area contributed by atoms with Crippen LogP contribution in [0.25, 0.3) is 0 Å². The number of hydrogen-bond acceptors (Lipinski definition) is 3. The Morgan fingerprint density at radius 3 is 2.40 bits per heavy atom. The van der Waals surface area contributed by atoms with Crippen LogP contribution < -0.4 is 0 Å². The molecule has 20 heavy (non-hydrogen) atoms. The number of carbonyl (C=O) groups is 1. The fraction of sp³-hybridized carbons (Fsp3) is 0.462. The second-order valence-corrected chi connectivity index (χ2v) is 5.93. The van der Waals surface area contributed by atoms with E-state index in [1.54, 1.807) is 6.92 Å². The Labute approximate surface area is 118 Å². The molecular weight excluding hydrogens is 291 g/mol. The first-order chi connectivity index (χ1) is 9.34. The minimum absolute atomic E-state index is 0.103. The summed E-state index contributed by atoms with van der Waals surface area (Å²) < 4.78 is 37.5. The molecule has 1 fully saturated rings. The van der Waals surface area contributed by atoms with Crippen molar-refractivity contribution < 1.29 is 23.1 Å². The van der Waals surface area contributed by atoms with Crippen LogP contribution in [0, 0.1) is 0 Å². The number of aliphatic hydroxyl groups is 1. The zero-order valence-corrected chi connectivity index (χ0v) is 11.5. The summed E-state index contributed by atoms with van der Waals surface area (Å²) in [5.74, 6) is -0.103. The summed E-state index contributed by atoms with van der Waals surface area (Å²) in [7, 11) is 0. The van der Waals surface area contributed by atoms with E-state index in [4.69, 9.17) is 5.11 Å². The first kappa shape index (κ1) is 15.2. The molecule has 3 nitrogen and oxygen atoms in total. The lowest BCUT2D eigenvalue weighted by Crippen LogP contribution is -2.32. The maximum absolute atomic E-state index is 12.5. The largest absolute Gasteiger partial charge is 0.416 e. The number of hydrogen-bond donors (Lipinski definition) is 1. The number of carbonyl (C=O) groups excluding carboxylic acids is 1. The second-order valence-electron chi connectivity index (χ2n) is 4.51. The Balaban J connectivity index is 2.24. The first-order valence-corrected chi connectivity index (χ1v) is 7.03. The van der Waals surface area contributed by atoms with Crippen LogP contribution in [0.4, 0.5) is 13.2 Å². The molecule has 1 aromatic carbocycles. The van der Waals surface area contributed by atoms with E-state index in [9.17, 15) is 18.0 Å². The van der Waals surface area contributed by atoms with Crippen molar-refractivity contribution in [2.75, 3.05) is 13.2 Å². The molecule has 0 unspecified atom stereocenters. The van der Waals surface area contributed by atoms with Crippen molar-refractivity contribution in [3.63, 3.8) is 0 Å². The van der Waals surface area contributed by atoms with Crippen molar-refractivity contribution in [3.05, 3.63) is 35.4 Å². The molecule has 1 saturated heterocycles. The van der Waals surface area contributed by atoms with Gasteiger partial charge in [-0.15, -0.1) is 11.8 Å². The lowest BCUT2D eigenvalue weighted by molar-refractivity contribution is -0.137. The van der Waals surface area contributed by atoms with Crippen molar-refractivity contribution in [1.29, 1.82) is 0 Å². The number of nitrogens with zero attached hydrogens (tertiary/aromatic N) is 1. The highest BCUT2D eigenvalue weighted by atomic mass is 32.2. The third-order valence-electron chi connectivity index (χ3n) is 3.11. The minimum atomic E-state index is -4.37. The highest BCUT2D eigenvalue weighted by Gasteiger charge is 2.38. The molecule has 0 aliphatic carbocycles. The van der Waals surface area contributed by atoms with Crippen LogP contribution >= 0.6 is 11.8 Å². The van der Waals surface area contributed by atoms with Crippen LogP contribution in [0.3, 0.4) is 0 Å². The fourth-order valence-electron chi connectivity index (χ4n) is 2.10. The topological polar surface area (TPSA) is 40.5 Å². The van der Waals surface area contributed by atoms with Crippen molar-refractivity contribution in [3.8, 4) is 0 Å². The van der Waals surface area contributed by atoms with E-state index in [-0.39, 0.29) is 29.7 Å². The van der Waals surface area contributed by atoms with Gasteiger partial charge in [0.1, 0.15) is 5.37 Å². The number of benzene rings is 1. The van der Waals surface area contributed by atoms with Crippen LogP contribution in [-0.4, -0.2) is 34.3 Å². The number of halogens is 3. The van der Waals surface area contributed by atoms with Gasteiger partial charge in [0.15, 0.2) is 0 Å². The van der Waals surface area contributed by atoms with E-state index >= 15 is 0 Å². The van der Waals surface area contributed by atoms with E-state index in [0.717, 1.165) is 12.1 Å². The molecule has 7 heteroatoms. The molecule has 0 aromatic heterocycles. The number of alkyl halides is 3. The van der Waals surface area contributed by atoms with E-state index in [1.165, 1.54) is 28.8 Å². The van der Waals surface area contributed by atoms with Gasteiger partial charge < -0.3 is 10.0 Å². The summed E-state index contributed by atoms with van der Waals surface area (Å²) in [4.78, 5) is 13.4. The van der Waals surface area contributed by atoms with Gasteiger partial charge in [-0.1, -0.05) is 12.1 Å². The average molecular weight is 305 g/mol. The van der Waals surface area contributed by atoms with Crippen LogP contribution in [0.5, 0.6) is 0 Å². The molecule has 0 saturated carbocycles. The standard InChI is InChI=1S/C13H14F3NO2S/c1-8-11(19)17(6-7-18)12(20-8)9-2-4-10(5-3-9)13(14,15)16/h2-5,8,12,18H,6-7H2,1H3/t8-,12-/m1/s1. The molecule has 0 spiro atoms. The average Bonchev–Trinajstić information content (AvgIpc) is 2.67. The Morgan fingerprint density at radius 1 is 1.30 bits per heavy atom. The summed E-state index contributed by atoms with van der Waals surface area (Å²) in [5.41, 5.74) is -0.0773. The summed E-state index contributed by atoms with van der Waals surface area (Å²) >= 11 is 1.37. The number of rotatable bonds is 3. The Hall–Kier alpha value is -1.21. The van der Waals surface area contributed by atoms with E-state index in [0.29, 0.717) is 5.56 Å². The van der Waals surface area contributed by atoms with Crippen LogP contribution in [0.1, 0.15) is 23.4 Å². The van der Waals surface area contributed by atoms with Gasteiger partial charge >= 0.3 is 6.18 Å². The van der Waals surface area contributed by atoms with Gasteiger partial charge in [0.25, 0.3) is 0 Å². The maximum Gasteiger partial charge on any atom is 0.416 e. The van der Waals surface area contributed by atoms with Gasteiger partial charge in [0.2, 0.25) is 5.91 Å². The van der Waals surface area contributed by atoms with Crippen molar-refractivity contribution in [2.24, 2.45) is 0 Å². The SMILES string of the molecule is C[C@H]1S[C@H](c2ccc(C(F)(F)F)cc2)N(CCO)C1=O. The van der Waals surface area contributed by atoms with Gasteiger partial charge in [-0.2, -0.15) is 13.2 Å². The van der Waals surface area contributed by atoms with Gasteiger partial charge in [-0.25, -0.2) is 0 Å². The molecule has 1 N–H and O–H groups in total. The third kappa shape index (κ3) is 2.93. The molecular formula is C13H14F3NO2S. The van der Waals surface area contributed by atoms with Gasteiger partial charge in [0, 0.05) is 6.54 Å². The molecule has 0 bridgehead atoms. The molecule has 1 amide bonds. The quantitative estimate of drug-likeness (QED) is 0.933. The molecule has 1 aliphatic rings. The zero-order chi connectivity index (χ0) is 14.9. The number of β-amino-alcohol motifs (C(OH)–C–C–N with tert-alkyl or cyclic N) is 1. The minimum Gasteiger partial charge on any atom is -0.395 e. The summed E-state index contributed by atoms with van der Waals surface area (Å²) in [6.07, 6.45) is -4.37. The molecule has 110 valence electrons. The normalized spacial score (nSPS) is 23.4. The van der Waals surface area contributed by atoms with E-state index in [2.05, 4.69) is 0 Å². The molecule has 0 radical (unpaired) electrons. The molecule has 2 atom stereocenters. The summed E-state index contributed by atoms with van der Waals surface area (Å²) in [6.45, 7) is 1.76. The van der Waals surface area contributed by atoms with Crippen molar-refractivity contribution >= 4 is 17.7 Å². The summed E-state index contributed by atoms with van der Waals surface area (Å²) in [5, 5.41) is 8.40. The number of aliphatic hydroxyl groups excluding tert-OH is 1. The van der Waals surface area contributed by atoms with E-state index < -0.39 is 11.7 Å². The summed E-state index contributed by atoms with van der Waals surface area (Å²) in [6, 6.07) is 4.80. The van der Waals surface area contributed by atoms with Crippen LogP contribution in [0.15, 0.2) is 24.3 Å². The molecule has 1 heterocycles. The Bertz CT molecular complexity index is 489. The monoisotopic (exact) mass is 305 g/mol. The smallest absolute Gasteiger partial charge is 0.395 e. The second kappa shape index (κ2) is 5.65. The highest BCUT2D eigenvalue weighted by Crippen LogP contribution is 2.43. The third-order valence-corrected chi connectivity index (χ3v) is 4.51. The molecule has 1 aliphatic heterocycles. The Kier molecular flexibility index (Phi) is 4.29. The van der Waals surface area contributed by atoms with Crippen molar-refractivity contribution in [2.45, 2.75) is 23.7 Å². The van der Waals surface area contributed by atoms with Gasteiger partial charge in [0.05, 0.1) is 17.4 Å². The number of amides is 1. The lowest BCUT2D eigenvalue weighted by Gasteiger charge is -2.23. The fourth-order valence-corrected chi connectivity index (χ4v) is 3.41. The Morgan fingerprint density at radius 2 is 1.90 bits per heavy atom. The zero-order valence-electron chi connectivity index (χ0n) is 10.7. The van der Waals surface area contributed by atoms with Crippen LogP contribution in [0.2, 0.25) is 0 Å². The lowest BCUT2D eigenvalue weighted by atomic mass is 10.1. The van der Waals surface area contributed by atoms with Crippen LogP contribution in [-0.2, 0) is 11.0 Å². The maximum atomic E-state index is 12.5. The predicted molar refractivity (Wildman–Crippen MR) is 70.0 cm³/mol. The van der Waals surface area contributed by atoms with E-state index in [1.807, 2.05) is 0 Å². The molecule has 1 aromatic rings. The van der Waals surface area contributed by atoms with Gasteiger partial charge in [-0.3, -0.25) is 4.79 Å². The first-order valence-electron chi connectivity index (χ1n) is 6.08. The highest BCUT2D eigenvalue weighted by molar-refractivity contribution is 8.01. The van der Waals surface area contributed by atoms with Crippen molar-refractivity contribution in [1.82, 2.24) is 4.90 Å². The predicted octanol–water partition coefficient (Wildman–Crippen LogP) is 2.66.